The number of likely N-dealkylation sites (tertiary alicyclic amines) is 1. The molecule has 3 nitrogen and oxygen atoms in total. The first-order valence-electron chi connectivity index (χ1n) is 3.27. The molecule has 5 heteroatoms. The van der Waals surface area contributed by atoms with Crippen molar-refractivity contribution in [2.24, 2.45) is 0 Å². The highest BCUT2D eigenvalue weighted by molar-refractivity contribution is 5.69. The summed E-state index contributed by atoms with van der Waals surface area (Å²) < 4.78 is 24.8. The number of alkyl halides is 2. The fourth-order valence-corrected chi connectivity index (χ4v) is 1.06. The first-order valence-corrected chi connectivity index (χ1v) is 3.27. The van der Waals surface area contributed by atoms with E-state index in [0.29, 0.717) is 0 Å². The van der Waals surface area contributed by atoms with E-state index in [4.69, 9.17) is 5.11 Å². The van der Waals surface area contributed by atoms with Crippen molar-refractivity contribution in [3.8, 4) is 0 Å². The van der Waals surface area contributed by atoms with E-state index in [2.05, 4.69) is 0 Å². The van der Waals surface area contributed by atoms with Gasteiger partial charge in [-0.15, -0.1) is 0 Å². The molecule has 1 heterocycles. The molecular formula is C6H9F2NO2. The number of halogens is 2. The van der Waals surface area contributed by atoms with E-state index in [0.717, 1.165) is 0 Å². The molecule has 1 saturated heterocycles. The molecule has 11 heavy (non-hydrogen) atoms. The van der Waals surface area contributed by atoms with Crippen LogP contribution in [0.25, 0.3) is 0 Å². The van der Waals surface area contributed by atoms with Crippen LogP contribution in [-0.2, 0) is 4.79 Å². The van der Waals surface area contributed by atoms with Crippen LogP contribution in [0, 0.1) is 0 Å². The lowest BCUT2D eigenvalue weighted by Gasteiger charge is -2.44. The third kappa shape index (κ3) is 1.48. The predicted octanol–water partition coefficient (Wildman–Crippen LogP) is 0.410. The molecule has 0 saturated carbocycles. The van der Waals surface area contributed by atoms with Gasteiger partial charge in [-0.2, -0.15) is 0 Å². The number of aliphatic carboxylic acids is 1. The van der Waals surface area contributed by atoms with Crippen molar-refractivity contribution in [3.63, 3.8) is 0 Å². The summed E-state index contributed by atoms with van der Waals surface area (Å²) in [5.74, 6) is -3.76. The second-order valence-electron chi connectivity index (χ2n) is 2.74. The van der Waals surface area contributed by atoms with Crippen LogP contribution in [0.5, 0.6) is 0 Å². The zero-order chi connectivity index (χ0) is 8.65. The molecule has 0 radical (unpaired) electrons. The minimum atomic E-state index is -2.70. The average molecular weight is 165 g/mol. The topological polar surface area (TPSA) is 40.5 Å². The van der Waals surface area contributed by atoms with Crippen molar-refractivity contribution in [2.75, 3.05) is 13.1 Å². The van der Waals surface area contributed by atoms with Crippen LogP contribution in [0.4, 0.5) is 8.78 Å². The van der Waals surface area contributed by atoms with Crippen LogP contribution >= 0.6 is 0 Å². The molecular weight excluding hydrogens is 156 g/mol. The maximum atomic E-state index is 12.4. The van der Waals surface area contributed by atoms with E-state index in [1.165, 1.54) is 11.8 Å². The number of hydrogen-bond acceptors (Lipinski definition) is 2. The molecule has 0 spiro atoms. The summed E-state index contributed by atoms with van der Waals surface area (Å²) in [6.07, 6.45) is 0. The zero-order valence-corrected chi connectivity index (χ0v) is 6.05. The smallest absolute Gasteiger partial charge is 0.317 e. The summed E-state index contributed by atoms with van der Waals surface area (Å²) in [5.41, 5.74) is 0. The van der Waals surface area contributed by atoms with Crippen molar-refractivity contribution in [2.45, 2.75) is 18.9 Å². The van der Waals surface area contributed by atoms with Gasteiger partial charge in [0.05, 0.1) is 19.1 Å². The second-order valence-corrected chi connectivity index (χ2v) is 2.74. The van der Waals surface area contributed by atoms with E-state index in [9.17, 15) is 13.6 Å². The van der Waals surface area contributed by atoms with Gasteiger partial charge in [-0.3, -0.25) is 9.69 Å². The van der Waals surface area contributed by atoms with Gasteiger partial charge in [-0.25, -0.2) is 8.78 Å². The Bertz CT molecular complexity index is 183. The highest BCUT2D eigenvalue weighted by Crippen LogP contribution is 2.33. The molecule has 1 aliphatic rings. The van der Waals surface area contributed by atoms with E-state index in [1.807, 2.05) is 0 Å². The molecule has 1 N–H and O–H groups in total. The summed E-state index contributed by atoms with van der Waals surface area (Å²) >= 11 is 0. The quantitative estimate of drug-likeness (QED) is 0.644. The third-order valence-electron chi connectivity index (χ3n) is 1.91. The van der Waals surface area contributed by atoms with E-state index in [-0.39, 0.29) is 6.54 Å². The summed E-state index contributed by atoms with van der Waals surface area (Å²) in [6, 6.07) is -0.932. The predicted molar refractivity (Wildman–Crippen MR) is 33.6 cm³/mol. The van der Waals surface area contributed by atoms with Crippen molar-refractivity contribution < 1.29 is 18.7 Å². The molecule has 1 fully saturated rings. The Morgan fingerprint density at radius 1 is 1.82 bits per heavy atom. The molecule has 1 atom stereocenters. The van der Waals surface area contributed by atoms with Crippen LogP contribution in [0.2, 0.25) is 0 Å². The summed E-state index contributed by atoms with van der Waals surface area (Å²) in [4.78, 5) is 11.3. The van der Waals surface area contributed by atoms with Gasteiger partial charge in [-0.05, 0) is 6.92 Å². The van der Waals surface area contributed by atoms with Crippen molar-refractivity contribution in [1.29, 1.82) is 0 Å². The van der Waals surface area contributed by atoms with E-state index >= 15 is 0 Å². The summed E-state index contributed by atoms with van der Waals surface area (Å²) in [7, 11) is 0. The highest BCUT2D eigenvalue weighted by atomic mass is 19.3. The molecule has 0 amide bonds. The number of rotatable bonds is 2. The molecule has 0 bridgehead atoms. The molecule has 1 unspecified atom stereocenters. The minimum Gasteiger partial charge on any atom is -0.480 e. The van der Waals surface area contributed by atoms with Gasteiger partial charge in [0.1, 0.15) is 0 Å². The molecule has 1 rings (SSSR count). The third-order valence-corrected chi connectivity index (χ3v) is 1.91. The highest BCUT2D eigenvalue weighted by Gasteiger charge is 2.51. The monoisotopic (exact) mass is 165 g/mol. The molecule has 64 valence electrons. The van der Waals surface area contributed by atoms with Crippen LogP contribution in [0.15, 0.2) is 0 Å². The lowest BCUT2D eigenvalue weighted by atomic mass is 10.0. The Labute approximate surface area is 62.6 Å². The Morgan fingerprint density at radius 2 is 2.36 bits per heavy atom. The number of carbonyl (C=O) groups is 1. The number of nitrogens with zero attached hydrogens (tertiary/aromatic N) is 1. The lowest BCUT2D eigenvalue weighted by molar-refractivity contribution is -0.183. The normalized spacial score (nSPS) is 29.5. The van der Waals surface area contributed by atoms with E-state index < -0.39 is 24.5 Å². The number of carboxylic acid groups (broad SMARTS) is 1. The van der Waals surface area contributed by atoms with Gasteiger partial charge in [0.2, 0.25) is 0 Å². The van der Waals surface area contributed by atoms with Gasteiger partial charge < -0.3 is 5.11 Å². The average Bonchev–Trinajstić information content (AvgIpc) is 1.85. The van der Waals surface area contributed by atoms with Crippen LogP contribution < -0.4 is 0 Å². The van der Waals surface area contributed by atoms with E-state index in [1.54, 1.807) is 0 Å². The molecule has 1 aliphatic heterocycles. The van der Waals surface area contributed by atoms with Gasteiger partial charge in [0, 0.05) is 0 Å². The zero-order valence-electron chi connectivity index (χ0n) is 6.05. The maximum Gasteiger partial charge on any atom is 0.317 e. The Hall–Kier alpha value is -0.710. The Balaban J connectivity index is 2.39. The second kappa shape index (κ2) is 2.41. The molecule has 0 aromatic heterocycles. The largest absolute Gasteiger partial charge is 0.480 e. The van der Waals surface area contributed by atoms with Crippen LogP contribution in [0.3, 0.4) is 0 Å². The lowest BCUT2D eigenvalue weighted by Crippen LogP contribution is -2.64. The van der Waals surface area contributed by atoms with Gasteiger partial charge in [0.15, 0.2) is 0 Å². The Kier molecular flexibility index (Phi) is 1.83. The van der Waals surface area contributed by atoms with Gasteiger partial charge in [-0.1, -0.05) is 0 Å². The van der Waals surface area contributed by atoms with Gasteiger partial charge in [0.25, 0.3) is 5.92 Å². The standard InChI is InChI=1S/C6H9F2NO2/c1-4-6(7,8)3-9(4)2-5(10)11/h4H,2-3H2,1H3,(H,10,11). The van der Waals surface area contributed by atoms with Crippen molar-refractivity contribution in [1.82, 2.24) is 4.90 Å². The van der Waals surface area contributed by atoms with Crippen LogP contribution in [-0.4, -0.2) is 41.0 Å². The van der Waals surface area contributed by atoms with Crippen LogP contribution in [0.1, 0.15) is 6.92 Å². The first-order chi connectivity index (χ1) is 4.93. The van der Waals surface area contributed by atoms with Crippen molar-refractivity contribution >= 4 is 5.97 Å². The van der Waals surface area contributed by atoms with Gasteiger partial charge >= 0.3 is 5.97 Å². The SMILES string of the molecule is CC1N(CC(=O)O)CC1(F)F. The Morgan fingerprint density at radius 3 is 2.64 bits per heavy atom. The fourth-order valence-electron chi connectivity index (χ4n) is 1.06. The first kappa shape index (κ1) is 8.39. The maximum absolute atomic E-state index is 12.4. The molecule has 0 aromatic rings. The number of carboxylic acids is 1. The molecule has 0 aliphatic carbocycles. The summed E-state index contributed by atoms with van der Waals surface area (Å²) in [5, 5.41) is 8.25. The minimum absolute atomic E-state index is 0.295. The molecule has 0 aromatic carbocycles. The number of hydrogen-bond donors (Lipinski definition) is 1. The fraction of sp³-hybridized carbons (Fsp3) is 0.833. The summed E-state index contributed by atoms with van der Waals surface area (Å²) in [6.45, 7) is 0.601. The van der Waals surface area contributed by atoms with Crippen molar-refractivity contribution in [3.05, 3.63) is 0 Å².